The Labute approximate surface area is 130 Å². The molecule has 0 saturated heterocycles. The molecule has 1 saturated carbocycles. The molecular formula is C16H24N4S. The minimum Gasteiger partial charge on any atom is -0.367 e. The maximum Gasteiger partial charge on any atom is 0.225 e. The molecule has 21 heavy (non-hydrogen) atoms. The zero-order valence-electron chi connectivity index (χ0n) is 13.2. The summed E-state index contributed by atoms with van der Waals surface area (Å²) in [4.78, 5) is 11.5. The van der Waals surface area contributed by atoms with E-state index in [2.05, 4.69) is 47.4 Å². The van der Waals surface area contributed by atoms with Crippen molar-refractivity contribution in [1.82, 2.24) is 9.97 Å². The zero-order chi connectivity index (χ0) is 15.0. The van der Waals surface area contributed by atoms with Crippen LogP contribution in [0, 0.1) is 18.8 Å². The van der Waals surface area contributed by atoms with Gasteiger partial charge in [-0.1, -0.05) is 13.8 Å². The fourth-order valence-electron chi connectivity index (χ4n) is 3.14. The van der Waals surface area contributed by atoms with Gasteiger partial charge in [-0.15, -0.1) is 11.3 Å². The van der Waals surface area contributed by atoms with Gasteiger partial charge in [-0.3, -0.25) is 0 Å². The van der Waals surface area contributed by atoms with Crippen LogP contribution in [0.15, 0.2) is 6.07 Å². The summed E-state index contributed by atoms with van der Waals surface area (Å²) < 4.78 is 0. The van der Waals surface area contributed by atoms with E-state index in [-0.39, 0.29) is 0 Å². The highest BCUT2D eigenvalue weighted by molar-refractivity contribution is 7.18. The summed E-state index contributed by atoms with van der Waals surface area (Å²) >= 11 is 1.73. The fraction of sp³-hybridized carbons (Fsp3) is 0.625. The molecule has 3 unspecified atom stereocenters. The van der Waals surface area contributed by atoms with Crippen molar-refractivity contribution in [2.45, 2.75) is 46.1 Å². The molecule has 1 fully saturated rings. The first-order chi connectivity index (χ1) is 10.1. The topological polar surface area (TPSA) is 49.8 Å². The van der Waals surface area contributed by atoms with Crippen molar-refractivity contribution in [3.05, 3.63) is 10.9 Å². The average molecular weight is 304 g/mol. The second kappa shape index (κ2) is 5.79. The number of anilines is 2. The monoisotopic (exact) mass is 304 g/mol. The molecule has 0 amide bonds. The minimum absolute atomic E-state index is 0.527. The van der Waals surface area contributed by atoms with E-state index in [1.165, 1.54) is 24.1 Å². The van der Waals surface area contributed by atoms with E-state index in [4.69, 9.17) is 0 Å². The lowest BCUT2D eigenvalue weighted by molar-refractivity contribution is 0.260. The minimum atomic E-state index is 0.527. The van der Waals surface area contributed by atoms with Gasteiger partial charge >= 0.3 is 0 Å². The van der Waals surface area contributed by atoms with Gasteiger partial charge in [-0.2, -0.15) is 4.98 Å². The molecule has 1 aliphatic carbocycles. The van der Waals surface area contributed by atoms with Crippen molar-refractivity contribution in [3.8, 4) is 0 Å². The number of hydrogen-bond donors (Lipinski definition) is 2. The summed E-state index contributed by atoms with van der Waals surface area (Å²) in [7, 11) is 1.87. The van der Waals surface area contributed by atoms with E-state index >= 15 is 0 Å². The van der Waals surface area contributed by atoms with Crippen LogP contribution >= 0.6 is 11.3 Å². The third-order valence-corrected chi connectivity index (χ3v) is 5.62. The van der Waals surface area contributed by atoms with Crippen molar-refractivity contribution in [1.29, 1.82) is 0 Å². The van der Waals surface area contributed by atoms with Crippen LogP contribution in [-0.4, -0.2) is 23.1 Å². The number of aryl methyl sites for hydroxylation is 1. The Morgan fingerprint density at radius 3 is 2.71 bits per heavy atom. The van der Waals surface area contributed by atoms with Crippen molar-refractivity contribution in [2.24, 2.45) is 11.8 Å². The van der Waals surface area contributed by atoms with E-state index in [0.717, 1.165) is 27.9 Å². The van der Waals surface area contributed by atoms with E-state index in [9.17, 15) is 0 Å². The molecule has 0 bridgehead atoms. The van der Waals surface area contributed by atoms with Gasteiger partial charge in [0, 0.05) is 18.0 Å². The summed E-state index contributed by atoms with van der Waals surface area (Å²) in [6.45, 7) is 6.85. The highest BCUT2D eigenvalue weighted by atomic mass is 32.1. The lowest BCUT2D eigenvalue weighted by Gasteiger charge is -2.32. The number of nitrogens with zero attached hydrogens (tertiary/aromatic N) is 2. The highest BCUT2D eigenvalue weighted by Gasteiger charge is 2.25. The van der Waals surface area contributed by atoms with Crippen molar-refractivity contribution in [3.63, 3.8) is 0 Å². The molecule has 1 aliphatic rings. The normalized spacial score (nSPS) is 26.0. The quantitative estimate of drug-likeness (QED) is 0.888. The van der Waals surface area contributed by atoms with E-state index < -0.39 is 0 Å². The van der Waals surface area contributed by atoms with Gasteiger partial charge in [-0.25, -0.2) is 4.98 Å². The summed E-state index contributed by atoms with van der Waals surface area (Å²) in [5.41, 5.74) is 0. The summed E-state index contributed by atoms with van der Waals surface area (Å²) in [5, 5.41) is 7.90. The van der Waals surface area contributed by atoms with Crippen LogP contribution < -0.4 is 10.6 Å². The second-order valence-corrected chi connectivity index (χ2v) is 7.57. The third kappa shape index (κ3) is 2.98. The van der Waals surface area contributed by atoms with Crippen LogP contribution in [0.3, 0.4) is 0 Å². The first-order valence-electron chi connectivity index (χ1n) is 7.79. The number of aromatic nitrogens is 2. The van der Waals surface area contributed by atoms with Crippen LogP contribution in [0.5, 0.6) is 0 Å². The van der Waals surface area contributed by atoms with Gasteiger partial charge in [0.25, 0.3) is 0 Å². The first-order valence-corrected chi connectivity index (χ1v) is 8.61. The van der Waals surface area contributed by atoms with Crippen molar-refractivity contribution < 1.29 is 0 Å². The second-order valence-electron chi connectivity index (χ2n) is 6.33. The summed E-state index contributed by atoms with van der Waals surface area (Å²) in [5.74, 6) is 3.30. The molecule has 2 aromatic heterocycles. The third-order valence-electron chi connectivity index (χ3n) is 4.68. The molecular weight excluding hydrogens is 280 g/mol. The lowest BCUT2D eigenvalue weighted by atomic mass is 9.79. The van der Waals surface area contributed by atoms with E-state index in [1.54, 1.807) is 11.3 Å². The molecule has 0 aromatic carbocycles. The van der Waals surface area contributed by atoms with Crippen LogP contribution in [0.2, 0.25) is 0 Å². The Bertz CT molecular complexity index is 636. The van der Waals surface area contributed by atoms with E-state index in [1.807, 2.05) is 7.05 Å². The molecule has 2 N–H and O–H groups in total. The summed E-state index contributed by atoms with van der Waals surface area (Å²) in [6.07, 6.45) is 3.76. The van der Waals surface area contributed by atoms with Gasteiger partial charge in [0.05, 0.1) is 5.39 Å². The Morgan fingerprint density at radius 1 is 1.19 bits per heavy atom. The smallest absolute Gasteiger partial charge is 0.225 e. The molecule has 2 heterocycles. The Morgan fingerprint density at radius 2 is 2.00 bits per heavy atom. The van der Waals surface area contributed by atoms with Crippen LogP contribution in [0.1, 0.15) is 38.0 Å². The number of fused-ring (bicyclic) bond motifs is 1. The Balaban J connectivity index is 1.89. The summed E-state index contributed by atoms with van der Waals surface area (Å²) in [6, 6.07) is 2.72. The molecule has 0 aliphatic heterocycles. The largest absolute Gasteiger partial charge is 0.367 e. The van der Waals surface area contributed by atoms with Crippen molar-refractivity contribution in [2.75, 3.05) is 17.7 Å². The zero-order valence-corrected chi connectivity index (χ0v) is 14.0. The first kappa shape index (κ1) is 14.6. The van der Waals surface area contributed by atoms with Gasteiger partial charge in [-0.05, 0) is 44.1 Å². The predicted octanol–water partition coefficient (Wildman–Crippen LogP) is 4.28. The molecule has 114 valence electrons. The van der Waals surface area contributed by atoms with Crippen LogP contribution in [0.25, 0.3) is 10.2 Å². The lowest BCUT2D eigenvalue weighted by Crippen LogP contribution is -2.30. The van der Waals surface area contributed by atoms with Crippen LogP contribution in [0.4, 0.5) is 11.8 Å². The fourth-order valence-corrected chi connectivity index (χ4v) is 4.02. The Hall–Kier alpha value is -1.36. The molecule has 0 radical (unpaired) electrons. The van der Waals surface area contributed by atoms with Gasteiger partial charge in [0.1, 0.15) is 10.6 Å². The van der Waals surface area contributed by atoms with E-state index in [0.29, 0.717) is 12.0 Å². The molecule has 3 atom stereocenters. The molecule has 2 aromatic rings. The Kier molecular flexibility index (Phi) is 4.02. The van der Waals surface area contributed by atoms with Crippen LogP contribution in [-0.2, 0) is 0 Å². The number of thiophene rings is 1. The molecule has 3 rings (SSSR count). The van der Waals surface area contributed by atoms with Gasteiger partial charge in [0.2, 0.25) is 5.95 Å². The SMILES string of the molecule is CNc1nc(NC2CCC(C)C(C)C2)c2cc(C)sc2n1. The maximum atomic E-state index is 4.64. The van der Waals surface area contributed by atoms with Crippen molar-refractivity contribution >= 4 is 33.3 Å². The average Bonchev–Trinajstić information content (AvgIpc) is 2.83. The predicted molar refractivity (Wildman–Crippen MR) is 91.3 cm³/mol. The number of nitrogens with one attached hydrogen (secondary N) is 2. The standard InChI is InChI=1S/C16H24N4S/c1-9-5-6-12(7-10(9)2)18-14-13-8-11(3)21-15(13)20-16(17-4)19-14/h8-10,12H,5-7H2,1-4H3,(H2,17,18,19,20). The highest BCUT2D eigenvalue weighted by Crippen LogP contribution is 2.34. The molecule has 4 nitrogen and oxygen atoms in total. The molecule has 5 heteroatoms. The molecule has 0 spiro atoms. The van der Waals surface area contributed by atoms with Gasteiger partial charge in [0.15, 0.2) is 0 Å². The number of rotatable bonds is 3. The van der Waals surface area contributed by atoms with Gasteiger partial charge < -0.3 is 10.6 Å². The number of hydrogen-bond acceptors (Lipinski definition) is 5. The maximum absolute atomic E-state index is 4.64.